The number of rotatable bonds is 7. The van der Waals surface area contributed by atoms with Gasteiger partial charge in [0.25, 0.3) is 0 Å². The van der Waals surface area contributed by atoms with Gasteiger partial charge in [-0.15, -0.1) is 0 Å². The van der Waals surface area contributed by atoms with E-state index in [1.165, 1.54) is 6.42 Å². The Bertz CT molecular complexity index is 877. The van der Waals surface area contributed by atoms with Crippen LogP contribution < -0.4 is 15.8 Å². The van der Waals surface area contributed by atoms with Gasteiger partial charge in [-0.25, -0.2) is 8.42 Å². The lowest BCUT2D eigenvalue weighted by molar-refractivity contribution is -0.136. The number of hydrogen-bond acceptors (Lipinski definition) is 5. The van der Waals surface area contributed by atoms with E-state index in [2.05, 4.69) is 10.0 Å². The largest absolute Gasteiger partial charge is 0.341 e. The minimum Gasteiger partial charge on any atom is -0.341 e. The van der Waals surface area contributed by atoms with Crippen LogP contribution in [-0.4, -0.2) is 50.5 Å². The molecule has 3 rings (SSSR count). The Morgan fingerprint density at radius 3 is 2.30 bits per heavy atom. The first kappa shape index (κ1) is 22.6. The molecule has 30 heavy (non-hydrogen) atoms. The van der Waals surface area contributed by atoms with Gasteiger partial charge >= 0.3 is 0 Å². The van der Waals surface area contributed by atoms with Crippen molar-refractivity contribution in [1.29, 1.82) is 0 Å². The molecule has 0 bridgehead atoms. The molecule has 166 valence electrons. The van der Waals surface area contributed by atoms with Crippen LogP contribution in [0, 0.1) is 11.8 Å². The minimum absolute atomic E-state index is 0.0165. The fourth-order valence-corrected chi connectivity index (χ4v) is 4.81. The van der Waals surface area contributed by atoms with Crippen LogP contribution in [0.25, 0.3) is 0 Å². The highest BCUT2D eigenvalue weighted by Crippen LogP contribution is 2.33. The molecule has 2 saturated carbocycles. The lowest BCUT2D eigenvalue weighted by Gasteiger charge is -2.38. The number of amides is 2. The van der Waals surface area contributed by atoms with Gasteiger partial charge in [-0.3, -0.25) is 14.3 Å². The van der Waals surface area contributed by atoms with E-state index < -0.39 is 16.1 Å². The predicted molar refractivity (Wildman–Crippen MR) is 117 cm³/mol. The van der Waals surface area contributed by atoms with E-state index >= 15 is 0 Å². The van der Waals surface area contributed by atoms with Crippen LogP contribution in [0.15, 0.2) is 24.3 Å². The van der Waals surface area contributed by atoms with Crippen LogP contribution in [0.4, 0.5) is 11.4 Å². The van der Waals surface area contributed by atoms with Gasteiger partial charge in [-0.1, -0.05) is 6.07 Å². The molecule has 4 N–H and O–H groups in total. The minimum atomic E-state index is -3.38. The van der Waals surface area contributed by atoms with Crippen molar-refractivity contribution >= 4 is 33.2 Å². The molecule has 1 aromatic rings. The molecule has 1 aromatic carbocycles. The highest BCUT2D eigenvalue weighted by Gasteiger charge is 2.35. The van der Waals surface area contributed by atoms with Gasteiger partial charge in [0.05, 0.1) is 18.0 Å². The summed E-state index contributed by atoms with van der Waals surface area (Å²) in [5.74, 6) is -0.106. The Morgan fingerprint density at radius 2 is 1.73 bits per heavy atom. The van der Waals surface area contributed by atoms with Crippen molar-refractivity contribution < 1.29 is 18.0 Å². The van der Waals surface area contributed by atoms with Gasteiger partial charge in [0.1, 0.15) is 0 Å². The molecule has 1 atom stereocenters. The molecule has 2 amide bonds. The van der Waals surface area contributed by atoms with Crippen LogP contribution in [0.1, 0.15) is 44.9 Å². The van der Waals surface area contributed by atoms with Crippen LogP contribution in [-0.2, 0) is 19.6 Å². The van der Waals surface area contributed by atoms with Crippen LogP contribution in [0.3, 0.4) is 0 Å². The molecule has 0 saturated heterocycles. The van der Waals surface area contributed by atoms with Gasteiger partial charge in [-0.05, 0) is 69.1 Å². The maximum Gasteiger partial charge on any atom is 0.239 e. The molecular formula is C21H32N4O4S. The molecule has 2 fully saturated rings. The third-order valence-corrected chi connectivity index (χ3v) is 6.95. The van der Waals surface area contributed by atoms with E-state index in [0.29, 0.717) is 30.3 Å². The third kappa shape index (κ3) is 5.72. The first-order valence-corrected chi connectivity index (χ1v) is 12.4. The highest BCUT2D eigenvalue weighted by atomic mass is 32.2. The normalized spacial score (nSPS) is 23.2. The number of carbonyl (C=O) groups is 2. The standard InChI is InChI=1S/C21H32N4O4S/c1-25(18-7-4-8-18)21(27)19(22)14-9-11-15(12-10-14)20(26)23-16-5-3-6-17(13-16)24-30(2,28)29/h3,5-6,13-15,18-19,24H,4,7-12,22H2,1-2H3,(H,23,26)/t14?,15?,19-/m0/s1. The molecule has 0 spiro atoms. The number of benzene rings is 1. The summed E-state index contributed by atoms with van der Waals surface area (Å²) in [4.78, 5) is 27.1. The molecule has 0 heterocycles. The Balaban J connectivity index is 1.50. The van der Waals surface area contributed by atoms with E-state index in [1.807, 2.05) is 11.9 Å². The maximum absolute atomic E-state index is 12.7. The molecule has 0 aliphatic heterocycles. The van der Waals surface area contributed by atoms with E-state index in [-0.39, 0.29) is 23.7 Å². The average molecular weight is 437 g/mol. The topological polar surface area (TPSA) is 122 Å². The first-order valence-electron chi connectivity index (χ1n) is 10.5. The first-order chi connectivity index (χ1) is 14.1. The van der Waals surface area contributed by atoms with Gasteiger partial charge in [0.15, 0.2) is 0 Å². The molecule has 2 aliphatic rings. The Morgan fingerprint density at radius 1 is 1.10 bits per heavy atom. The Labute approximate surface area is 178 Å². The SMILES string of the molecule is CN(C(=O)[C@@H](N)C1CCC(C(=O)Nc2cccc(NS(C)(=O)=O)c2)CC1)C1CCC1. The van der Waals surface area contributed by atoms with Crippen molar-refractivity contribution in [3.05, 3.63) is 24.3 Å². The molecular weight excluding hydrogens is 404 g/mol. The monoisotopic (exact) mass is 436 g/mol. The summed E-state index contributed by atoms with van der Waals surface area (Å²) < 4.78 is 25.2. The van der Waals surface area contributed by atoms with Crippen molar-refractivity contribution in [1.82, 2.24) is 4.90 Å². The lowest BCUT2D eigenvalue weighted by Crippen LogP contribution is -2.52. The van der Waals surface area contributed by atoms with Crippen molar-refractivity contribution in [3.8, 4) is 0 Å². The number of likely N-dealkylation sites (N-methyl/N-ethyl adjacent to an activating group) is 1. The predicted octanol–water partition coefficient (Wildman–Crippen LogP) is 2.14. The van der Waals surface area contributed by atoms with E-state index in [0.717, 1.165) is 31.9 Å². The second kappa shape index (κ2) is 9.34. The van der Waals surface area contributed by atoms with Crippen LogP contribution in [0.5, 0.6) is 0 Å². The summed E-state index contributed by atoms with van der Waals surface area (Å²) in [6.45, 7) is 0. The second-order valence-corrected chi connectivity index (χ2v) is 10.4. The quantitative estimate of drug-likeness (QED) is 0.605. The number of nitrogens with one attached hydrogen (secondary N) is 2. The number of nitrogens with two attached hydrogens (primary N) is 1. The van der Waals surface area contributed by atoms with E-state index in [4.69, 9.17) is 5.73 Å². The zero-order chi connectivity index (χ0) is 21.9. The zero-order valence-electron chi connectivity index (χ0n) is 17.6. The Hall–Kier alpha value is -2.13. The van der Waals surface area contributed by atoms with Gasteiger partial charge in [-0.2, -0.15) is 0 Å². The van der Waals surface area contributed by atoms with Gasteiger partial charge in [0.2, 0.25) is 21.8 Å². The molecule has 0 radical (unpaired) electrons. The highest BCUT2D eigenvalue weighted by molar-refractivity contribution is 7.92. The number of sulfonamides is 1. The Kier molecular flexibility index (Phi) is 7.02. The van der Waals surface area contributed by atoms with Crippen molar-refractivity contribution in [2.75, 3.05) is 23.3 Å². The average Bonchev–Trinajstić information content (AvgIpc) is 2.64. The molecule has 2 aliphatic carbocycles. The zero-order valence-corrected chi connectivity index (χ0v) is 18.5. The fraction of sp³-hybridized carbons (Fsp3) is 0.619. The number of anilines is 2. The molecule has 0 aromatic heterocycles. The molecule has 9 heteroatoms. The number of nitrogens with zero attached hydrogens (tertiary/aromatic N) is 1. The number of carbonyl (C=O) groups excluding carboxylic acids is 2. The van der Waals surface area contributed by atoms with E-state index in [9.17, 15) is 18.0 Å². The smallest absolute Gasteiger partial charge is 0.239 e. The summed E-state index contributed by atoms with van der Waals surface area (Å²) in [5.41, 5.74) is 7.22. The summed E-state index contributed by atoms with van der Waals surface area (Å²) in [5, 5.41) is 2.87. The van der Waals surface area contributed by atoms with Crippen LogP contribution >= 0.6 is 0 Å². The lowest BCUT2D eigenvalue weighted by atomic mass is 9.77. The molecule has 0 unspecified atom stereocenters. The van der Waals surface area contributed by atoms with Crippen LogP contribution in [0.2, 0.25) is 0 Å². The summed E-state index contributed by atoms with van der Waals surface area (Å²) in [6, 6.07) is 6.46. The van der Waals surface area contributed by atoms with Gasteiger partial charge < -0.3 is 16.0 Å². The van der Waals surface area contributed by atoms with Crippen molar-refractivity contribution in [3.63, 3.8) is 0 Å². The summed E-state index contributed by atoms with van der Waals surface area (Å²) >= 11 is 0. The van der Waals surface area contributed by atoms with Crippen molar-refractivity contribution in [2.45, 2.75) is 57.0 Å². The summed E-state index contributed by atoms with van der Waals surface area (Å²) in [7, 11) is -1.53. The third-order valence-electron chi connectivity index (χ3n) is 6.34. The van der Waals surface area contributed by atoms with Gasteiger partial charge in [0, 0.05) is 24.7 Å². The fourth-order valence-electron chi connectivity index (χ4n) is 4.25. The maximum atomic E-state index is 12.7. The van der Waals surface area contributed by atoms with E-state index in [1.54, 1.807) is 24.3 Å². The van der Waals surface area contributed by atoms with Crippen molar-refractivity contribution in [2.24, 2.45) is 17.6 Å². The summed E-state index contributed by atoms with van der Waals surface area (Å²) in [6.07, 6.45) is 7.24. The molecule has 8 nitrogen and oxygen atoms in total. The second-order valence-electron chi connectivity index (χ2n) is 8.62. The number of hydrogen-bond donors (Lipinski definition) is 3.